The predicted octanol–water partition coefficient (Wildman–Crippen LogP) is 1.67. The van der Waals surface area contributed by atoms with E-state index in [1.807, 2.05) is 24.2 Å². The summed E-state index contributed by atoms with van der Waals surface area (Å²) < 4.78 is 0. The van der Waals surface area contributed by atoms with Gasteiger partial charge in [-0.2, -0.15) is 11.8 Å². The number of thioether (sulfide) groups is 1. The third kappa shape index (κ3) is 3.36. The molecule has 5 heteroatoms. The summed E-state index contributed by atoms with van der Waals surface area (Å²) in [5, 5.41) is 3.49. The zero-order valence-electron chi connectivity index (χ0n) is 10.6. The predicted molar refractivity (Wildman–Crippen MR) is 76.0 cm³/mol. The summed E-state index contributed by atoms with van der Waals surface area (Å²) >= 11 is 2.04. The van der Waals surface area contributed by atoms with Gasteiger partial charge in [0.05, 0.1) is 11.9 Å². The minimum atomic E-state index is 0.727. The average Bonchev–Trinajstić information content (AvgIpc) is 3.24. The average molecular weight is 264 g/mol. The topological polar surface area (TPSA) is 41.1 Å². The molecule has 4 nitrogen and oxygen atoms in total. The molecule has 0 bridgehead atoms. The number of hydrogen-bond acceptors (Lipinski definition) is 5. The first-order chi connectivity index (χ1) is 8.92. The lowest BCUT2D eigenvalue weighted by molar-refractivity contribution is 0.668. The van der Waals surface area contributed by atoms with E-state index >= 15 is 0 Å². The Hall–Kier alpha value is -0.810. The van der Waals surface area contributed by atoms with Crippen molar-refractivity contribution >= 4 is 17.6 Å². The first-order valence-electron chi connectivity index (χ1n) is 6.79. The summed E-state index contributed by atoms with van der Waals surface area (Å²) in [7, 11) is 0. The van der Waals surface area contributed by atoms with Gasteiger partial charge in [-0.1, -0.05) is 0 Å². The second-order valence-corrected chi connectivity index (χ2v) is 6.20. The molecule has 98 valence electrons. The van der Waals surface area contributed by atoms with Crippen molar-refractivity contribution in [2.75, 3.05) is 29.5 Å². The van der Waals surface area contributed by atoms with Crippen LogP contribution in [-0.2, 0) is 6.54 Å². The maximum absolute atomic E-state index is 4.73. The van der Waals surface area contributed by atoms with Gasteiger partial charge < -0.3 is 10.2 Å². The van der Waals surface area contributed by atoms with Crippen molar-refractivity contribution in [3.8, 4) is 0 Å². The fourth-order valence-corrected chi connectivity index (χ4v) is 3.03. The van der Waals surface area contributed by atoms with Crippen LogP contribution >= 0.6 is 11.8 Å². The van der Waals surface area contributed by atoms with E-state index in [2.05, 4.69) is 15.2 Å². The van der Waals surface area contributed by atoms with Crippen LogP contribution in [-0.4, -0.2) is 40.6 Å². The quantitative estimate of drug-likeness (QED) is 0.896. The van der Waals surface area contributed by atoms with Crippen molar-refractivity contribution in [1.29, 1.82) is 0 Å². The monoisotopic (exact) mass is 264 g/mol. The molecule has 0 amide bonds. The van der Waals surface area contributed by atoms with E-state index in [0.717, 1.165) is 37.2 Å². The normalized spacial score (nSPS) is 20.8. The highest BCUT2D eigenvalue weighted by molar-refractivity contribution is 7.99. The smallest absolute Gasteiger partial charge is 0.147 e. The Kier molecular flexibility index (Phi) is 4.00. The first-order valence-corrected chi connectivity index (χ1v) is 7.94. The van der Waals surface area contributed by atoms with E-state index in [-0.39, 0.29) is 0 Å². The second-order valence-electron chi connectivity index (χ2n) is 4.98. The van der Waals surface area contributed by atoms with Crippen molar-refractivity contribution in [2.24, 2.45) is 0 Å². The summed E-state index contributed by atoms with van der Waals surface area (Å²) in [4.78, 5) is 11.4. The molecular formula is C13H20N4S. The van der Waals surface area contributed by atoms with Crippen LogP contribution in [0.2, 0.25) is 0 Å². The Morgan fingerprint density at radius 2 is 2.22 bits per heavy atom. The Labute approximate surface area is 113 Å². The second kappa shape index (κ2) is 5.89. The Morgan fingerprint density at radius 1 is 1.28 bits per heavy atom. The van der Waals surface area contributed by atoms with E-state index < -0.39 is 0 Å². The van der Waals surface area contributed by atoms with Crippen LogP contribution in [0.3, 0.4) is 0 Å². The molecule has 0 atom stereocenters. The molecule has 2 heterocycles. The lowest BCUT2D eigenvalue weighted by atomic mass is 10.4. The van der Waals surface area contributed by atoms with Gasteiger partial charge >= 0.3 is 0 Å². The Bertz CT molecular complexity index is 386. The van der Waals surface area contributed by atoms with Crippen molar-refractivity contribution in [3.63, 3.8) is 0 Å². The molecule has 2 aliphatic rings. The number of anilines is 1. The van der Waals surface area contributed by atoms with Gasteiger partial charge in [0, 0.05) is 37.6 Å². The summed E-state index contributed by atoms with van der Waals surface area (Å²) in [6, 6.07) is 0.727. The summed E-state index contributed by atoms with van der Waals surface area (Å²) in [5.74, 6) is 3.52. The SMILES string of the molecule is c1ncc(N2CCCSCC2)nc1CNC1CC1. The number of nitrogens with zero attached hydrogens (tertiary/aromatic N) is 3. The molecule has 1 aliphatic carbocycles. The lowest BCUT2D eigenvalue weighted by Gasteiger charge is -2.21. The van der Waals surface area contributed by atoms with Gasteiger partial charge in [-0.15, -0.1) is 0 Å². The maximum Gasteiger partial charge on any atom is 0.147 e. The minimum Gasteiger partial charge on any atom is -0.354 e. The van der Waals surface area contributed by atoms with Crippen LogP contribution in [0.1, 0.15) is 25.0 Å². The first kappa shape index (κ1) is 12.2. The standard InChI is InChI=1S/C13H20N4S/c1-4-17(5-7-18-6-1)13-10-14-8-12(16-13)9-15-11-2-3-11/h8,10-11,15H,1-7,9H2. The number of nitrogens with one attached hydrogen (secondary N) is 1. The highest BCUT2D eigenvalue weighted by atomic mass is 32.2. The fraction of sp³-hybridized carbons (Fsp3) is 0.692. The van der Waals surface area contributed by atoms with Gasteiger partial charge in [0.15, 0.2) is 0 Å². The Morgan fingerprint density at radius 3 is 3.11 bits per heavy atom. The van der Waals surface area contributed by atoms with Crippen LogP contribution in [0, 0.1) is 0 Å². The molecule has 1 saturated heterocycles. The number of hydrogen-bond donors (Lipinski definition) is 1. The highest BCUT2D eigenvalue weighted by Crippen LogP contribution is 2.20. The minimum absolute atomic E-state index is 0.727. The van der Waals surface area contributed by atoms with Crippen molar-refractivity contribution in [1.82, 2.24) is 15.3 Å². The number of rotatable bonds is 4. The molecule has 1 N–H and O–H groups in total. The molecule has 1 aromatic heterocycles. The highest BCUT2D eigenvalue weighted by Gasteiger charge is 2.20. The molecular weight excluding hydrogens is 244 g/mol. The van der Waals surface area contributed by atoms with Gasteiger partial charge in [-0.3, -0.25) is 4.98 Å². The maximum atomic E-state index is 4.73. The van der Waals surface area contributed by atoms with E-state index in [1.165, 1.54) is 30.8 Å². The molecule has 0 spiro atoms. The Balaban J connectivity index is 1.64. The number of aromatic nitrogens is 2. The summed E-state index contributed by atoms with van der Waals surface area (Å²) in [6.07, 6.45) is 7.66. The zero-order chi connectivity index (χ0) is 12.2. The van der Waals surface area contributed by atoms with Gasteiger partial charge in [0.2, 0.25) is 0 Å². The van der Waals surface area contributed by atoms with Crippen LogP contribution in [0.5, 0.6) is 0 Å². The largest absolute Gasteiger partial charge is 0.354 e. The third-order valence-electron chi connectivity index (χ3n) is 3.37. The van der Waals surface area contributed by atoms with Gasteiger partial charge in [-0.05, 0) is 25.0 Å². The van der Waals surface area contributed by atoms with Gasteiger partial charge in [0.25, 0.3) is 0 Å². The molecule has 1 aliphatic heterocycles. The van der Waals surface area contributed by atoms with E-state index in [9.17, 15) is 0 Å². The van der Waals surface area contributed by atoms with Crippen LogP contribution in [0.25, 0.3) is 0 Å². The van der Waals surface area contributed by atoms with Gasteiger partial charge in [-0.25, -0.2) is 4.98 Å². The molecule has 3 rings (SSSR count). The van der Waals surface area contributed by atoms with E-state index in [0.29, 0.717) is 0 Å². The molecule has 0 aromatic carbocycles. The van der Waals surface area contributed by atoms with Crippen molar-refractivity contribution in [2.45, 2.75) is 31.8 Å². The molecule has 1 saturated carbocycles. The third-order valence-corrected chi connectivity index (χ3v) is 4.42. The van der Waals surface area contributed by atoms with Crippen molar-refractivity contribution in [3.05, 3.63) is 18.1 Å². The molecule has 0 radical (unpaired) electrons. The van der Waals surface area contributed by atoms with Crippen LogP contribution < -0.4 is 10.2 Å². The summed E-state index contributed by atoms with van der Waals surface area (Å²) in [5.41, 5.74) is 1.07. The molecule has 2 fully saturated rings. The lowest BCUT2D eigenvalue weighted by Crippen LogP contribution is -2.27. The molecule has 1 aromatic rings. The van der Waals surface area contributed by atoms with Crippen molar-refractivity contribution < 1.29 is 0 Å². The van der Waals surface area contributed by atoms with Crippen LogP contribution in [0.15, 0.2) is 12.4 Å². The summed E-state index contributed by atoms with van der Waals surface area (Å²) in [6.45, 7) is 3.06. The fourth-order valence-electron chi connectivity index (χ4n) is 2.14. The van der Waals surface area contributed by atoms with E-state index in [4.69, 9.17) is 4.98 Å². The van der Waals surface area contributed by atoms with Crippen LogP contribution in [0.4, 0.5) is 5.82 Å². The molecule has 18 heavy (non-hydrogen) atoms. The zero-order valence-corrected chi connectivity index (χ0v) is 11.5. The van der Waals surface area contributed by atoms with E-state index in [1.54, 1.807) is 0 Å². The van der Waals surface area contributed by atoms with Gasteiger partial charge in [0.1, 0.15) is 5.82 Å². The molecule has 0 unspecified atom stereocenters.